The molecule has 0 spiro atoms. The third-order valence-corrected chi connectivity index (χ3v) is 4.66. The van der Waals surface area contributed by atoms with Crippen molar-refractivity contribution in [1.29, 1.82) is 0 Å². The van der Waals surface area contributed by atoms with E-state index in [9.17, 15) is 18.0 Å². The number of hydrogen-bond donors (Lipinski definition) is 1. The first-order valence-corrected chi connectivity index (χ1v) is 8.36. The maximum atomic E-state index is 12.9. The highest BCUT2D eigenvalue weighted by atomic mass is 19.4. The van der Waals surface area contributed by atoms with E-state index in [0.717, 1.165) is 11.1 Å². The zero-order valence-corrected chi connectivity index (χ0v) is 15.2. The lowest BCUT2D eigenvalue weighted by molar-refractivity contribution is -0.145. The molecule has 0 saturated carbocycles. The number of hydrogen-bond acceptors (Lipinski definition) is 5. The molecule has 0 atom stereocenters. The molecule has 9 heteroatoms. The average molecular weight is 383 g/mol. The standard InChI is InChI=1S/C18H20F3N3O3/c1-10-6-11(26-2)7-15(27-3)13(10)8-24-5-4-12-14(9-24)22-17(18(19,20)21)23-16(12)25/h6-7H,4-5,8-9H2,1-3H3,(H,22,23,25). The second kappa shape index (κ2) is 7.22. The van der Waals surface area contributed by atoms with E-state index in [-0.39, 0.29) is 12.2 Å². The van der Waals surface area contributed by atoms with Crippen molar-refractivity contribution in [2.24, 2.45) is 0 Å². The van der Waals surface area contributed by atoms with E-state index in [1.165, 1.54) is 0 Å². The minimum absolute atomic E-state index is 0.164. The zero-order chi connectivity index (χ0) is 19.8. The van der Waals surface area contributed by atoms with E-state index in [4.69, 9.17) is 9.47 Å². The van der Waals surface area contributed by atoms with E-state index >= 15 is 0 Å². The highest BCUT2D eigenvalue weighted by Crippen LogP contribution is 2.31. The van der Waals surface area contributed by atoms with Gasteiger partial charge in [0.2, 0.25) is 5.82 Å². The van der Waals surface area contributed by atoms with Gasteiger partial charge in [0.05, 0.1) is 19.9 Å². The van der Waals surface area contributed by atoms with Crippen molar-refractivity contribution in [2.75, 3.05) is 20.8 Å². The van der Waals surface area contributed by atoms with Crippen LogP contribution in [-0.2, 0) is 25.7 Å². The first kappa shape index (κ1) is 19.2. The Bertz CT molecular complexity index is 909. The summed E-state index contributed by atoms with van der Waals surface area (Å²) in [5, 5.41) is 0. The second-order valence-corrected chi connectivity index (χ2v) is 6.42. The van der Waals surface area contributed by atoms with Crippen LogP contribution in [0, 0.1) is 6.92 Å². The monoisotopic (exact) mass is 383 g/mol. The molecular weight excluding hydrogens is 363 g/mol. The minimum atomic E-state index is -4.69. The van der Waals surface area contributed by atoms with Gasteiger partial charge in [-0.05, 0) is 25.0 Å². The van der Waals surface area contributed by atoms with Gasteiger partial charge in [0, 0.05) is 36.8 Å². The first-order chi connectivity index (χ1) is 12.7. The molecule has 6 nitrogen and oxygen atoms in total. The number of aromatic amines is 1. The van der Waals surface area contributed by atoms with Crippen LogP contribution in [0.3, 0.4) is 0 Å². The molecule has 0 bridgehead atoms. The Hall–Kier alpha value is -2.55. The van der Waals surface area contributed by atoms with Crippen molar-refractivity contribution in [1.82, 2.24) is 14.9 Å². The summed E-state index contributed by atoms with van der Waals surface area (Å²) < 4.78 is 49.5. The van der Waals surface area contributed by atoms with Crippen molar-refractivity contribution in [3.63, 3.8) is 0 Å². The maximum absolute atomic E-state index is 12.9. The van der Waals surface area contributed by atoms with Crippen LogP contribution < -0.4 is 15.0 Å². The Kier molecular flexibility index (Phi) is 5.14. The number of rotatable bonds is 4. The van der Waals surface area contributed by atoms with Gasteiger partial charge in [-0.2, -0.15) is 13.2 Å². The molecule has 0 amide bonds. The molecule has 1 N–H and O–H groups in total. The summed E-state index contributed by atoms with van der Waals surface area (Å²) in [7, 11) is 3.12. The second-order valence-electron chi connectivity index (χ2n) is 6.42. The van der Waals surface area contributed by atoms with E-state index < -0.39 is 17.6 Å². The predicted molar refractivity (Wildman–Crippen MR) is 92.0 cm³/mol. The number of alkyl halides is 3. The number of aryl methyl sites for hydroxylation is 1. The average Bonchev–Trinajstić information content (AvgIpc) is 2.62. The van der Waals surface area contributed by atoms with Gasteiger partial charge in [-0.1, -0.05) is 0 Å². The highest BCUT2D eigenvalue weighted by molar-refractivity contribution is 5.46. The molecule has 2 heterocycles. The summed E-state index contributed by atoms with van der Waals surface area (Å²) in [6.07, 6.45) is -4.35. The fraction of sp³-hybridized carbons (Fsp3) is 0.444. The zero-order valence-electron chi connectivity index (χ0n) is 15.2. The van der Waals surface area contributed by atoms with Crippen LogP contribution in [0.15, 0.2) is 16.9 Å². The van der Waals surface area contributed by atoms with Gasteiger partial charge in [-0.3, -0.25) is 9.69 Å². The largest absolute Gasteiger partial charge is 0.497 e. The third-order valence-electron chi connectivity index (χ3n) is 4.66. The van der Waals surface area contributed by atoms with Crippen LogP contribution in [0.4, 0.5) is 13.2 Å². The third kappa shape index (κ3) is 3.92. The maximum Gasteiger partial charge on any atom is 0.449 e. The molecule has 1 aromatic heterocycles. The van der Waals surface area contributed by atoms with E-state index in [1.807, 2.05) is 22.9 Å². The van der Waals surface area contributed by atoms with Crippen molar-refractivity contribution >= 4 is 0 Å². The SMILES string of the molecule is COc1cc(C)c(CN2CCc3c(nc(C(F)(F)F)[nH]c3=O)C2)c(OC)c1. The van der Waals surface area contributed by atoms with Gasteiger partial charge in [-0.15, -0.1) is 0 Å². The van der Waals surface area contributed by atoms with Gasteiger partial charge in [0.1, 0.15) is 11.5 Å². The summed E-state index contributed by atoms with van der Waals surface area (Å²) in [6.45, 7) is 3.09. The van der Waals surface area contributed by atoms with Crippen LogP contribution in [-0.4, -0.2) is 35.6 Å². The molecule has 0 saturated heterocycles. The predicted octanol–water partition coefficient (Wildman–Crippen LogP) is 2.67. The number of benzene rings is 1. The van der Waals surface area contributed by atoms with Crippen LogP contribution >= 0.6 is 0 Å². The molecule has 1 aromatic carbocycles. The van der Waals surface area contributed by atoms with Crippen molar-refractivity contribution in [2.45, 2.75) is 32.6 Å². The Labute approximate surface area is 153 Å². The number of ether oxygens (including phenoxy) is 2. The molecule has 0 unspecified atom stereocenters. The molecule has 1 aliphatic heterocycles. The van der Waals surface area contributed by atoms with E-state index in [2.05, 4.69) is 4.98 Å². The summed E-state index contributed by atoms with van der Waals surface area (Å²) >= 11 is 0. The number of methoxy groups -OCH3 is 2. The molecule has 0 fully saturated rings. The number of H-pyrrole nitrogens is 1. The van der Waals surface area contributed by atoms with Gasteiger partial charge >= 0.3 is 6.18 Å². The highest BCUT2D eigenvalue weighted by Gasteiger charge is 2.36. The summed E-state index contributed by atoms with van der Waals surface area (Å²) in [6, 6.07) is 3.64. The summed E-state index contributed by atoms with van der Waals surface area (Å²) in [5.74, 6) is 0.0545. The molecule has 1 aliphatic rings. The Morgan fingerprint density at radius 1 is 1.26 bits per heavy atom. The lowest BCUT2D eigenvalue weighted by Gasteiger charge is -2.29. The first-order valence-electron chi connectivity index (χ1n) is 8.36. The molecule has 27 heavy (non-hydrogen) atoms. The molecule has 146 valence electrons. The number of aromatic nitrogens is 2. The van der Waals surface area contributed by atoms with Crippen molar-refractivity contribution in [3.05, 3.63) is 50.7 Å². The quantitative estimate of drug-likeness (QED) is 0.879. The molecule has 2 aromatic rings. The van der Waals surface area contributed by atoms with Crippen LogP contribution in [0.1, 0.15) is 28.2 Å². The summed E-state index contributed by atoms with van der Waals surface area (Å²) in [4.78, 5) is 19.4. The molecule has 0 aliphatic carbocycles. The van der Waals surface area contributed by atoms with Gasteiger partial charge in [0.25, 0.3) is 5.56 Å². The molecule has 3 rings (SSSR count). The van der Waals surface area contributed by atoms with Gasteiger partial charge < -0.3 is 14.5 Å². The smallest absolute Gasteiger partial charge is 0.449 e. The van der Waals surface area contributed by atoms with Crippen molar-refractivity contribution < 1.29 is 22.6 Å². The Morgan fingerprint density at radius 2 is 2.00 bits per heavy atom. The van der Waals surface area contributed by atoms with Crippen LogP contribution in [0.5, 0.6) is 11.5 Å². The van der Waals surface area contributed by atoms with Gasteiger partial charge in [-0.25, -0.2) is 4.98 Å². The molecule has 0 radical (unpaired) electrons. The number of nitrogens with one attached hydrogen (secondary N) is 1. The molecular formula is C18H20F3N3O3. The minimum Gasteiger partial charge on any atom is -0.497 e. The number of fused-ring (bicyclic) bond motifs is 1. The summed E-state index contributed by atoms with van der Waals surface area (Å²) in [5.41, 5.74) is 1.64. The lowest BCUT2D eigenvalue weighted by Crippen LogP contribution is -2.36. The Balaban J connectivity index is 1.89. The van der Waals surface area contributed by atoms with E-state index in [0.29, 0.717) is 36.6 Å². The van der Waals surface area contributed by atoms with E-state index in [1.54, 1.807) is 20.3 Å². The topological polar surface area (TPSA) is 67.5 Å². The number of nitrogens with zero attached hydrogens (tertiary/aromatic N) is 2. The Morgan fingerprint density at radius 3 is 2.63 bits per heavy atom. The fourth-order valence-corrected chi connectivity index (χ4v) is 3.24. The van der Waals surface area contributed by atoms with Crippen LogP contribution in [0.25, 0.3) is 0 Å². The van der Waals surface area contributed by atoms with Gasteiger partial charge in [0.15, 0.2) is 0 Å². The lowest BCUT2D eigenvalue weighted by atomic mass is 10.0. The van der Waals surface area contributed by atoms with Crippen LogP contribution in [0.2, 0.25) is 0 Å². The number of halogens is 3. The normalized spacial score (nSPS) is 14.7. The fourth-order valence-electron chi connectivity index (χ4n) is 3.24. The van der Waals surface area contributed by atoms with Crippen molar-refractivity contribution in [3.8, 4) is 11.5 Å².